The van der Waals surface area contributed by atoms with Crippen LogP contribution < -0.4 is 10.1 Å². The van der Waals surface area contributed by atoms with Crippen LogP contribution in [-0.4, -0.2) is 38.8 Å². The van der Waals surface area contributed by atoms with Crippen molar-refractivity contribution in [3.63, 3.8) is 0 Å². The molecule has 19 heavy (non-hydrogen) atoms. The van der Waals surface area contributed by atoms with Crippen LogP contribution in [0.3, 0.4) is 0 Å². The van der Waals surface area contributed by atoms with E-state index in [0.29, 0.717) is 18.0 Å². The van der Waals surface area contributed by atoms with E-state index >= 15 is 0 Å². The molecule has 1 atom stereocenters. The number of nitrogens with one attached hydrogen (secondary N) is 1. The molecule has 1 N–H and O–H groups in total. The Morgan fingerprint density at radius 3 is 3.11 bits per heavy atom. The fourth-order valence-corrected chi connectivity index (χ4v) is 1.68. The van der Waals surface area contributed by atoms with Gasteiger partial charge in [-0.1, -0.05) is 0 Å². The fourth-order valence-electron chi connectivity index (χ4n) is 1.68. The molecule has 1 amide bonds. The summed E-state index contributed by atoms with van der Waals surface area (Å²) in [6.07, 6.45) is 4.64. The molecule has 0 saturated carbocycles. The minimum atomic E-state index is -0.224. The molecule has 0 bridgehead atoms. The van der Waals surface area contributed by atoms with Crippen LogP contribution in [0.5, 0.6) is 5.88 Å². The largest absolute Gasteiger partial charge is 0.480 e. The predicted octanol–water partition coefficient (Wildman–Crippen LogP) is 0.500. The van der Waals surface area contributed by atoms with E-state index in [2.05, 4.69) is 20.4 Å². The lowest BCUT2D eigenvalue weighted by Crippen LogP contribution is -2.36. The molecule has 2 aromatic heterocycles. The van der Waals surface area contributed by atoms with Gasteiger partial charge >= 0.3 is 0 Å². The molecule has 0 unspecified atom stereocenters. The summed E-state index contributed by atoms with van der Waals surface area (Å²) in [5, 5.41) is 6.85. The van der Waals surface area contributed by atoms with Crippen LogP contribution in [0.1, 0.15) is 17.3 Å². The average molecular weight is 261 g/mol. The molecule has 2 rings (SSSR count). The van der Waals surface area contributed by atoms with Crippen molar-refractivity contribution in [3.05, 3.63) is 36.5 Å². The highest BCUT2D eigenvalue weighted by Gasteiger charge is 2.15. The number of amides is 1. The van der Waals surface area contributed by atoms with Gasteiger partial charge in [0.25, 0.3) is 5.91 Å². The molecule has 0 spiro atoms. The summed E-state index contributed by atoms with van der Waals surface area (Å²) in [4.78, 5) is 19.9. The number of hydrogen-bond donors (Lipinski definition) is 1. The Hall–Kier alpha value is -2.44. The highest BCUT2D eigenvalue weighted by atomic mass is 16.5. The molecule has 7 nitrogen and oxygen atoms in total. The first-order valence-electron chi connectivity index (χ1n) is 5.83. The fraction of sp³-hybridized carbons (Fsp3) is 0.333. The zero-order chi connectivity index (χ0) is 13.7. The maximum absolute atomic E-state index is 12.1. The number of rotatable bonds is 5. The third-order valence-corrected chi connectivity index (χ3v) is 2.51. The summed E-state index contributed by atoms with van der Waals surface area (Å²) in [6.45, 7) is 2.44. The number of methoxy groups -OCH3 is 1. The Balaban J connectivity index is 2.00. The number of aromatic nitrogens is 4. The van der Waals surface area contributed by atoms with Crippen LogP contribution in [0.4, 0.5) is 0 Å². The summed E-state index contributed by atoms with van der Waals surface area (Å²) in [5.41, 5.74) is 0.412. The molecular formula is C12H15N5O2. The number of carbonyl (C=O) groups is 1. The van der Waals surface area contributed by atoms with Gasteiger partial charge in [0.15, 0.2) is 0 Å². The lowest BCUT2D eigenvalue weighted by atomic mass is 10.2. The minimum absolute atomic E-state index is 0.0842. The Kier molecular flexibility index (Phi) is 4.07. The molecule has 0 aliphatic carbocycles. The molecule has 0 radical (unpaired) electrons. The summed E-state index contributed by atoms with van der Waals surface area (Å²) in [6, 6.07) is 3.28. The number of ether oxygens (including phenoxy) is 1. The van der Waals surface area contributed by atoms with Crippen molar-refractivity contribution in [1.29, 1.82) is 0 Å². The summed E-state index contributed by atoms with van der Waals surface area (Å²) < 4.78 is 6.71. The second kappa shape index (κ2) is 5.94. The van der Waals surface area contributed by atoms with Crippen molar-refractivity contribution in [2.75, 3.05) is 7.11 Å². The van der Waals surface area contributed by atoms with Gasteiger partial charge in [-0.25, -0.2) is 9.97 Å². The molecule has 0 aliphatic rings. The maximum atomic E-state index is 12.1. The third kappa shape index (κ3) is 3.27. The van der Waals surface area contributed by atoms with Crippen LogP contribution in [-0.2, 0) is 6.54 Å². The Morgan fingerprint density at radius 1 is 1.58 bits per heavy atom. The smallest absolute Gasteiger partial charge is 0.257 e. The monoisotopic (exact) mass is 261 g/mol. The van der Waals surface area contributed by atoms with Crippen molar-refractivity contribution in [1.82, 2.24) is 25.1 Å². The molecule has 0 fully saturated rings. The van der Waals surface area contributed by atoms with Gasteiger partial charge in [0.1, 0.15) is 18.2 Å². The highest BCUT2D eigenvalue weighted by molar-refractivity contribution is 5.96. The van der Waals surface area contributed by atoms with Gasteiger partial charge in [0.2, 0.25) is 5.88 Å². The van der Waals surface area contributed by atoms with Gasteiger partial charge in [-0.15, -0.1) is 0 Å². The number of hydrogen-bond acceptors (Lipinski definition) is 5. The first kappa shape index (κ1) is 13.0. The van der Waals surface area contributed by atoms with Crippen LogP contribution in [0, 0.1) is 0 Å². The summed E-state index contributed by atoms with van der Waals surface area (Å²) in [7, 11) is 1.48. The zero-order valence-corrected chi connectivity index (χ0v) is 10.8. The van der Waals surface area contributed by atoms with E-state index in [0.717, 1.165) is 0 Å². The number of pyridine rings is 1. The molecule has 100 valence electrons. The second-order valence-electron chi connectivity index (χ2n) is 4.05. The number of nitrogens with zero attached hydrogens (tertiary/aromatic N) is 4. The van der Waals surface area contributed by atoms with E-state index in [9.17, 15) is 4.79 Å². The van der Waals surface area contributed by atoms with Gasteiger partial charge in [-0.3, -0.25) is 9.48 Å². The topological polar surface area (TPSA) is 81.9 Å². The molecule has 0 saturated heterocycles. The van der Waals surface area contributed by atoms with Gasteiger partial charge in [0.05, 0.1) is 13.7 Å². The van der Waals surface area contributed by atoms with Gasteiger partial charge in [-0.05, 0) is 19.1 Å². The van der Waals surface area contributed by atoms with E-state index in [1.165, 1.54) is 13.4 Å². The first-order valence-corrected chi connectivity index (χ1v) is 5.83. The van der Waals surface area contributed by atoms with Crippen LogP contribution in [0.25, 0.3) is 0 Å². The standard InChI is InChI=1S/C12H15N5O2/c1-9(6-17-8-13-7-15-17)16-11(18)10-4-3-5-14-12(10)19-2/h3-5,7-9H,6H2,1-2H3,(H,16,18)/t9-/m0/s1. The number of carbonyl (C=O) groups excluding carboxylic acids is 1. The Morgan fingerprint density at radius 2 is 2.42 bits per heavy atom. The molecule has 2 aromatic rings. The Labute approximate surface area is 110 Å². The van der Waals surface area contributed by atoms with Crippen LogP contribution >= 0.6 is 0 Å². The zero-order valence-electron chi connectivity index (χ0n) is 10.8. The Bertz CT molecular complexity index is 541. The van der Waals surface area contributed by atoms with Crippen molar-refractivity contribution < 1.29 is 9.53 Å². The minimum Gasteiger partial charge on any atom is -0.480 e. The maximum Gasteiger partial charge on any atom is 0.257 e. The van der Waals surface area contributed by atoms with Gasteiger partial charge in [-0.2, -0.15) is 5.10 Å². The molecule has 0 aliphatic heterocycles. The van der Waals surface area contributed by atoms with E-state index < -0.39 is 0 Å². The van der Waals surface area contributed by atoms with Crippen molar-refractivity contribution in [2.24, 2.45) is 0 Å². The first-order chi connectivity index (χ1) is 9.20. The van der Waals surface area contributed by atoms with Crippen molar-refractivity contribution in [2.45, 2.75) is 19.5 Å². The van der Waals surface area contributed by atoms with Crippen molar-refractivity contribution >= 4 is 5.91 Å². The van der Waals surface area contributed by atoms with E-state index in [1.807, 2.05) is 6.92 Å². The van der Waals surface area contributed by atoms with Gasteiger partial charge < -0.3 is 10.1 Å². The quantitative estimate of drug-likeness (QED) is 0.847. The average Bonchev–Trinajstić information content (AvgIpc) is 2.91. The van der Waals surface area contributed by atoms with E-state index in [4.69, 9.17) is 4.74 Å². The lowest BCUT2D eigenvalue weighted by Gasteiger charge is -2.14. The predicted molar refractivity (Wildman–Crippen MR) is 67.7 cm³/mol. The SMILES string of the molecule is COc1ncccc1C(=O)N[C@@H](C)Cn1cncn1. The van der Waals surface area contributed by atoms with E-state index in [1.54, 1.807) is 29.3 Å². The summed E-state index contributed by atoms with van der Waals surface area (Å²) >= 11 is 0. The normalized spacial score (nSPS) is 11.9. The van der Waals surface area contributed by atoms with Crippen molar-refractivity contribution in [3.8, 4) is 5.88 Å². The van der Waals surface area contributed by atoms with Crippen LogP contribution in [0.2, 0.25) is 0 Å². The molecular weight excluding hydrogens is 246 g/mol. The van der Waals surface area contributed by atoms with E-state index in [-0.39, 0.29) is 11.9 Å². The van der Waals surface area contributed by atoms with Crippen LogP contribution in [0.15, 0.2) is 31.0 Å². The summed E-state index contributed by atoms with van der Waals surface area (Å²) in [5.74, 6) is 0.0884. The third-order valence-electron chi connectivity index (χ3n) is 2.51. The molecule has 2 heterocycles. The highest BCUT2D eigenvalue weighted by Crippen LogP contribution is 2.13. The van der Waals surface area contributed by atoms with Gasteiger partial charge in [0, 0.05) is 12.2 Å². The second-order valence-corrected chi connectivity index (χ2v) is 4.05. The lowest BCUT2D eigenvalue weighted by molar-refractivity contribution is 0.0932. The molecule has 0 aromatic carbocycles. The molecule has 7 heteroatoms.